The highest BCUT2D eigenvalue weighted by Crippen LogP contribution is 2.08. The summed E-state index contributed by atoms with van der Waals surface area (Å²) in [4.78, 5) is 54.5. The zero-order valence-electron chi connectivity index (χ0n) is 20.7. The van der Waals surface area contributed by atoms with Gasteiger partial charge in [0.1, 0.15) is 0 Å². The van der Waals surface area contributed by atoms with Crippen LogP contribution in [0.3, 0.4) is 0 Å². The van der Waals surface area contributed by atoms with E-state index in [2.05, 4.69) is 33.9 Å². The molecule has 14 nitrogen and oxygen atoms in total. The number of aromatic nitrogens is 6. The Labute approximate surface area is 206 Å². The lowest BCUT2D eigenvalue weighted by Crippen LogP contribution is -2.37. The number of hydrogen-bond acceptors (Lipinski definition) is 9. The maximum Gasteiger partial charge on any atom is 0.332 e. The van der Waals surface area contributed by atoms with Crippen molar-refractivity contribution in [2.45, 2.75) is 39.7 Å². The Balaban J connectivity index is 0.000000493. The van der Waals surface area contributed by atoms with Gasteiger partial charge in [-0.15, -0.1) is 0 Å². The number of carbonyl (C=O) groups is 2. The first-order valence-electron chi connectivity index (χ1n) is 11.4. The summed E-state index contributed by atoms with van der Waals surface area (Å²) in [5, 5.41) is 19.7. The van der Waals surface area contributed by atoms with Crippen molar-refractivity contribution < 1.29 is 24.3 Å². The Morgan fingerprint density at radius 3 is 2.28 bits per heavy atom. The van der Waals surface area contributed by atoms with Gasteiger partial charge >= 0.3 is 17.6 Å². The molecule has 0 fully saturated rings. The largest absolute Gasteiger partial charge is 0.478 e. The number of imidazole rings is 1. The fourth-order valence-corrected chi connectivity index (χ4v) is 3.40. The van der Waals surface area contributed by atoms with Gasteiger partial charge in [0.2, 0.25) is 5.89 Å². The van der Waals surface area contributed by atoms with E-state index in [-0.39, 0.29) is 11.2 Å². The minimum absolute atomic E-state index is 0.339. The highest BCUT2D eigenvalue weighted by Gasteiger charge is 2.14. The molecule has 0 aliphatic heterocycles. The second kappa shape index (κ2) is 13.1. The quantitative estimate of drug-likeness (QED) is 0.336. The lowest BCUT2D eigenvalue weighted by Gasteiger charge is -2.15. The first kappa shape index (κ1) is 28.2. The lowest BCUT2D eigenvalue weighted by atomic mass is 10.3. The van der Waals surface area contributed by atoms with E-state index in [1.807, 2.05) is 0 Å². The summed E-state index contributed by atoms with van der Waals surface area (Å²) in [6, 6.07) is 0. The first-order valence-corrected chi connectivity index (χ1v) is 11.4. The maximum atomic E-state index is 12.4. The van der Waals surface area contributed by atoms with Crippen LogP contribution in [0.1, 0.15) is 32.0 Å². The summed E-state index contributed by atoms with van der Waals surface area (Å²) >= 11 is 0. The molecule has 14 heteroatoms. The van der Waals surface area contributed by atoms with E-state index in [0.717, 1.165) is 37.0 Å². The van der Waals surface area contributed by atoms with E-state index >= 15 is 0 Å². The van der Waals surface area contributed by atoms with Gasteiger partial charge in [0.15, 0.2) is 17.0 Å². The van der Waals surface area contributed by atoms with Gasteiger partial charge in [0.05, 0.1) is 6.33 Å². The molecular weight excluding hydrogens is 474 g/mol. The predicted octanol–water partition coefficient (Wildman–Crippen LogP) is 0.0456. The number of fused-ring (bicyclic) bond motifs is 1. The van der Waals surface area contributed by atoms with Crippen LogP contribution in [0, 0.1) is 0 Å². The van der Waals surface area contributed by atoms with Gasteiger partial charge in [0, 0.05) is 52.2 Å². The molecule has 0 bridgehead atoms. The van der Waals surface area contributed by atoms with Crippen molar-refractivity contribution in [1.82, 2.24) is 33.7 Å². The number of rotatable bonds is 11. The van der Waals surface area contributed by atoms with Crippen LogP contribution < -0.4 is 11.2 Å². The van der Waals surface area contributed by atoms with Gasteiger partial charge in [-0.05, 0) is 19.5 Å². The summed E-state index contributed by atoms with van der Waals surface area (Å²) in [5.74, 6) is -1.20. The van der Waals surface area contributed by atoms with E-state index in [4.69, 9.17) is 14.7 Å². The fraction of sp³-hybridized carbons (Fsp3) is 0.500. The van der Waals surface area contributed by atoms with Crippen molar-refractivity contribution in [3.05, 3.63) is 51.0 Å². The molecule has 0 aliphatic carbocycles. The van der Waals surface area contributed by atoms with E-state index in [1.54, 1.807) is 17.9 Å². The number of likely N-dealkylation sites (N-methyl/N-ethyl adjacent to an activating group) is 1. The zero-order valence-corrected chi connectivity index (χ0v) is 20.7. The van der Waals surface area contributed by atoms with E-state index in [9.17, 15) is 19.2 Å². The SMILES string of the molecule is CCN(CC)CCc1nc(CCCn2cnc3c2c(=O)n(C)c(=O)n3C)no1.O=C(O)/C=C\C(=O)O. The Morgan fingerprint density at radius 2 is 1.69 bits per heavy atom. The van der Waals surface area contributed by atoms with Gasteiger partial charge in [-0.25, -0.2) is 19.4 Å². The molecule has 0 unspecified atom stereocenters. The van der Waals surface area contributed by atoms with Gasteiger partial charge < -0.3 is 24.2 Å². The topological polar surface area (TPSA) is 179 Å². The van der Waals surface area contributed by atoms with Crippen LogP contribution in [-0.4, -0.2) is 75.5 Å². The van der Waals surface area contributed by atoms with Crippen LogP contribution in [0.2, 0.25) is 0 Å². The molecule has 0 amide bonds. The first-order chi connectivity index (χ1) is 17.1. The molecule has 0 saturated carbocycles. The summed E-state index contributed by atoms with van der Waals surface area (Å²) in [6.07, 6.45) is 4.82. The minimum atomic E-state index is -1.26. The molecule has 2 N–H and O–H groups in total. The van der Waals surface area contributed by atoms with Crippen LogP contribution in [0.4, 0.5) is 0 Å². The summed E-state index contributed by atoms with van der Waals surface area (Å²) < 4.78 is 9.59. The van der Waals surface area contributed by atoms with Crippen LogP contribution in [0.15, 0.2) is 32.6 Å². The molecular formula is C22H31N7O7. The van der Waals surface area contributed by atoms with Crippen molar-refractivity contribution in [2.75, 3.05) is 19.6 Å². The van der Waals surface area contributed by atoms with Crippen molar-refractivity contribution in [1.29, 1.82) is 0 Å². The van der Waals surface area contributed by atoms with Crippen LogP contribution >= 0.6 is 0 Å². The Bertz CT molecular complexity index is 1310. The predicted molar refractivity (Wildman–Crippen MR) is 129 cm³/mol. The molecule has 0 radical (unpaired) electrons. The number of carboxylic acid groups (broad SMARTS) is 2. The van der Waals surface area contributed by atoms with Crippen molar-refractivity contribution >= 4 is 23.1 Å². The molecule has 0 saturated heterocycles. The highest BCUT2D eigenvalue weighted by atomic mass is 16.5. The molecule has 196 valence electrons. The van der Waals surface area contributed by atoms with Gasteiger partial charge in [0.25, 0.3) is 5.56 Å². The van der Waals surface area contributed by atoms with Gasteiger partial charge in [-0.1, -0.05) is 19.0 Å². The molecule has 36 heavy (non-hydrogen) atoms. The number of hydrogen-bond donors (Lipinski definition) is 2. The molecule has 3 rings (SSSR count). The Kier molecular flexibility index (Phi) is 10.3. The fourth-order valence-electron chi connectivity index (χ4n) is 3.40. The molecule has 3 aromatic heterocycles. The third kappa shape index (κ3) is 7.46. The average molecular weight is 506 g/mol. The van der Waals surface area contributed by atoms with Crippen molar-refractivity contribution in [2.24, 2.45) is 14.1 Å². The lowest BCUT2D eigenvalue weighted by molar-refractivity contribution is -0.134. The molecule has 0 spiro atoms. The van der Waals surface area contributed by atoms with Gasteiger partial charge in [-0.2, -0.15) is 4.98 Å². The van der Waals surface area contributed by atoms with Crippen LogP contribution in [0.25, 0.3) is 11.2 Å². The maximum absolute atomic E-state index is 12.4. The monoisotopic (exact) mass is 505 g/mol. The second-order valence-electron chi connectivity index (χ2n) is 7.81. The minimum Gasteiger partial charge on any atom is -0.478 e. The number of carboxylic acids is 2. The smallest absolute Gasteiger partial charge is 0.332 e. The third-order valence-electron chi connectivity index (χ3n) is 5.43. The molecule has 0 aromatic carbocycles. The van der Waals surface area contributed by atoms with E-state index < -0.39 is 11.9 Å². The standard InChI is InChI=1S/C18H27N7O3.C4H4O4/c1-5-24(6-2)11-9-14-20-13(21-28-14)8-7-10-25-12-19-16-15(25)17(26)23(4)18(27)22(16)3;5-3(6)1-2-4(7)8/h12H,5-11H2,1-4H3;1-2H,(H,5,6)(H,7,8)/b;2-1-. The molecule has 3 heterocycles. The molecule has 3 aromatic rings. The van der Waals surface area contributed by atoms with E-state index in [1.165, 1.54) is 11.6 Å². The third-order valence-corrected chi connectivity index (χ3v) is 5.43. The van der Waals surface area contributed by atoms with E-state index in [0.29, 0.717) is 48.0 Å². The molecule has 0 atom stereocenters. The number of aliphatic carboxylic acids is 2. The Morgan fingerprint density at radius 1 is 1.06 bits per heavy atom. The highest BCUT2D eigenvalue weighted by molar-refractivity contribution is 5.89. The average Bonchev–Trinajstić information content (AvgIpc) is 3.48. The molecule has 0 aliphatic rings. The zero-order chi connectivity index (χ0) is 26.8. The van der Waals surface area contributed by atoms with Crippen molar-refractivity contribution in [3.8, 4) is 0 Å². The van der Waals surface area contributed by atoms with Crippen molar-refractivity contribution in [3.63, 3.8) is 0 Å². The normalized spacial score (nSPS) is 11.2. The second-order valence-corrected chi connectivity index (χ2v) is 7.81. The Hall–Kier alpha value is -4.07. The summed E-state index contributed by atoms with van der Waals surface area (Å²) in [6.45, 7) is 7.75. The van der Waals surface area contributed by atoms with Crippen LogP contribution in [-0.2, 0) is 43.1 Å². The number of nitrogens with zero attached hydrogens (tertiary/aromatic N) is 7. The summed E-state index contributed by atoms with van der Waals surface area (Å²) in [7, 11) is 3.08. The summed E-state index contributed by atoms with van der Waals surface area (Å²) in [5.41, 5.74) is 0.101. The van der Waals surface area contributed by atoms with Gasteiger partial charge in [-0.3, -0.25) is 13.9 Å². The van der Waals surface area contributed by atoms with Crippen LogP contribution in [0.5, 0.6) is 0 Å². The number of aryl methyl sites for hydroxylation is 3.